The molecule has 0 saturated carbocycles. The fraction of sp³-hybridized carbons (Fsp3) is 0.0667. The van der Waals surface area contributed by atoms with Gasteiger partial charge in [0.15, 0.2) is 18.1 Å². The van der Waals surface area contributed by atoms with E-state index < -0.39 is 5.91 Å². The lowest BCUT2D eigenvalue weighted by Crippen LogP contribution is -2.24. The number of nitrogens with one attached hydrogen (secondary N) is 1. The third-order valence-corrected chi connectivity index (χ3v) is 2.91. The van der Waals surface area contributed by atoms with Crippen molar-refractivity contribution >= 4 is 23.7 Å². The molecule has 0 atom stereocenters. The van der Waals surface area contributed by atoms with E-state index in [4.69, 9.17) is 21.4 Å². The van der Waals surface area contributed by atoms with Gasteiger partial charge in [-0.3, -0.25) is 4.79 Å². The minimum Gasteiger partial charge on any atom is -0.504 e. The summed E-state index contributed by atoms with van der Waals surface area (Å²) in [7, 11) is 0. The van der Waals surface area contributed by atoms with Crippen LogP contribution in [0.25, 0.3) is 0 Å². The van der Waals surface area contributed by atoms with Gasteiger partial charge in [0, 0.05) is 0 Å². The summed E-state index contributed by atoms with van der Waals surface area (Å²) in [5.74, 6) is -0.544. The first kappa shape index (κ1) is 15.7. The van der Waals surface area contributed by atoms with Crippen LogP contribution in [0.2, 0.25) is 5.02 Å². The number of carbonyl (C=O) groups is 1. The average molecular weight is 321 g/mol. The summed E-state index contributed by atoms with van der Waals surface area (Å²) in [6, 6.07) is 11.0. The van der Waals surface area contributed by atoms with Crippen molar-refractivity contribution in [1.82, 2.24) is 5.43 Å². The van der Waals surface area contributed by atoms with Crippen molar-refractivity contribution in [2.45, 2.75) is 0 Å². The number of rotatable bonds is 5. The Morgan fingerprint density at radius 2 is 2.00 bits per heavy atom. The number of halogens is 1. The molecule has 7 heteroatoms. The average Bonchev–Trinajstić information content (AvgIpc) is 2.50. The van der Waals surface area contributed by atoms with Gasteiger partial charge in [-0.1, -0.05) is 23.7 Å². The topological polar surface area (TPSA) is 91.2 Å². The fourth-order valence-electron chi connectivity index (χ4n) is 1.54. The van der Waals surface area contributed by atoms with Crippen LogP contribution < -0.4 is 10.2 Å². The van der Waals surface area contributed by atoms with Gasteiger partial charge in [-0.25, -0.2) is 5.43 Å². The maximum atomic E-state index is 11.6. The van der Waals surface area contributed by atoms with Gasteiger partial charge >= 0.3 is 0 Å². The predicted octanol–water partition coefficient (Wildman–Crippen LogP) is 2.28. The van der Waals surface area contributed by atoms with E-state index in [2.05, 4.69) is 10.5 Å². The Labute approximate surface area is 131 Å². The monoisotopic (exact) mass is 320 g/mol. The number of amides is 1. The molecule has 114 valence electrons. The molecule has 2 aromatic rings. The molecule has 0 saturated heterocycles. The van der Waals surface area contributed by atoms with E-state index in [0.717, 1.165) is 0 Å². The van der Waals surface area contributed by atoms with Crippen molar-refractivity contribution in [1.29, 1.82) is 0 Å². The van der Waals surface area contributed by atoms with Crippen LogP contribution in [-0.4, -0.2) is 28.9 Å². The van der Waals surface area contributed by atoms with Crippen LogP contribution in [-0.2, 0) is 4.79 Å². The predicted molar refractivity (Wildman–Crippen MR) is 82.5 cm³/mol. The highest BCUT2D eigenvalue weighted by molar-refractivity contribution is 6.32. The molecule has 0 fully saturated rings. The van der Waals surface area contributed by atoms with E-state index in [1.807, 2.05) is 0 Å². The number of carbonyl (C=O) groups excluding carboxylic acids is 1. The number of benzene rings is 2. The number of hydrazone groups is 1. The summed E-state index contributed by atoms with van der Waals surface area (Å²) >= 11 is 5.89. The van der Waals surface area contributed by atoms with Gasteiger partial charge in [-0.15, -0.1) is 0 Å². The lowest BCUT2D eigenvalue weighted by Gasteiger charge is -2.06. The summed E-state index contributed by atoms with van der Waals surface area (Å²) < 4.78 is 5.25. The lowest BCUT2D eigenvalue weighted by atomic mass is 10.2. The van der Waals surface area contributed by atoms with Crippen LogP contribution in [0.4, 0.5) is 0 Å². The summed E-state index contributed by atoms with van der Waals surface area (Å²) in [6.45, 7) is -0.234. The highest BCUT2D eigenvalue weighted by Gasteiger charge is 2.04. The highest BCUT2D eigenvalue weighted by atomic mass is 35.5. The second kappa shape index (κ2) is 7.33. The number of hydrogen-bond donors (Lipinski definition) is 3. The largest absolute Gasteiger partial charge is 0.504 e. The van der Waals surface area contributed by atoms with Crippen LogP contribution in [0.1, 0.15) is 5.56 Å². The quantitative estimate of drug-likeness (QED) is 0.448. The zero-order chi connectivity index (χ0) is 15.9. The highest BCUT2D eigenvalue weighted by Crippen LogP contribution is 2.24. The summed E-state index contributed by atoms with van der Waals surface area (Å²) in [5.41, 5.74) is 2.79. The van der Waals surface area contributed by atoms with Crippen molar-refractivity contribution in [3.8, 4) is 17.2 Å². The van der Waals surface area contributed by atoms with Crippen molar-refractivity contribution in [3.05, 3.63) is 53.1 Å². The summed E-state index contributed by atoms with van der Waals surface area (Å²) in [4.78, 5) is 11.6. The van der Waals surface area contributed by atoms with Crippen molar-refractivity contribution in [3.63, 3.8) is 0 Å². The first-order chi connectivity index (χ1) is 10.6. The minimum absolute atomic E-state index is 0.227. The SMILES string of the molecule is O=C(COc1ccccc1Cl)N/N=C/c1ccc(O)c(O)c1. The molecule has 0 unspecified atom stereocenters. The molecule has 1 amide bonds. The van der Waals surface area contributed by atoms with E-state index in [0.29, 0.717) is 16.3 Å². The second-order valence-electron chi connectivity index (χ2n) is 4.26. The molecular formula is C15H13ClN2O4. The van der Waals surface area contributed by atoms with Crippen LogP contribution in [0.3, 0.4) is 0 Å². The van der Waals surface area contributed by atoms with Crippen LogP contribution in [0.5, 0.6) is 17.2 Å². The Bertz CT molecular complexity index is 704. The third kappa shape index (κ3) is 4.39. The number of ether oxygens (including phenoxy) is 1. The van der Waals surface area contributed by atoms with Gasteiger partial charge in [-0.2, -0.15) is 5.10 Å². The summed E-state index contributed by atoms with van der Waals surface area (Å²) in [5, 5.41) is 22.6. The smallest absolute Gasteiger partial charge is 0.277 e. The first-order valence-corrected chi connectivity index (χ1v) is 6.65. The number of aromatic hydroxyl groups is 2. The Hall–Kier alpha value is -2.73. The van der Waals surface area contributed by atoms with Crippen molar-refractivity contribution in [2.75, 3.05) is 6.61 Å². The van der Waals surface area contributed by atoms with Crippen LogP contribution >= 0.6 is 11.6 Å². The number of phenolic OH excluding ortho intramolecular Hbond substituents is 2. The molecule has 0 bridgehead atoms. The number of hydrogen-bond acceptors (Lipinski definition) is 5. The summed E-state index contributed by atoms with van der Waals surface area (Å²) in [6.07, 6.45) is 1.33. The van der Waals surface area contributed by atoms with Gasteiger partial charge in [0.2, 0.25) is 0 Å². The zero-order valence-electron chi connectivity index (χ0n) is 11.4. The van der Waals surface area contributed by atoms with Crippen LogP contribution in [0.15, 0.2) is 47.6 Å². The molecular weight excluding hydrogens is 308 g/mol. The van der Waals surface area contributed by atoms with Gasteiger partial charge in [0.25, 0.3) is 5.91 Å². The molecule has 0 spiro atoms. The molecule has 2 rings (SSSR count). The van der Waals surface area contributed by atoms with Crippen molar-refractivity contribution in [2.24, 2.45) is 5.10 Å². The van der Waals surface area contributed by atoms with Crippen LogP contribution in [0, 0.1) is 0 Å². The molecule has 6 nitrogen and oxygen atoms in total. The van der Waals surface area contributed by atoms with E-state index in [1.165, 1.54) is 24.4 Å². The Kier molecular flexibility index (Phi) is 5.21. The zero-order valence-corrected chi connectivity index (χ0v) is 12.1. The number of para-hydroxylation sites is 1. The number of nitrogens with zero attached hydrogens (tertiary/aromatic N) is 1. The Balaban J connectivity index is 1.83. The molecule has 22 heavy (non-hydrogen) atoms. The maximum Gasteiger partial charge on any atom is 0.277 e. The second-order valence-corrected chi connectivity index (χ2v) is 4.67. The molecule has 0 heterocycles. The normalized spacial score (nSPS) is 10.6. The van der Waals surface area contributed by atoms with Gasteiger partial charge in [0.05, 0.1) is 11.2 Å². The first-order valence-electron chi connectivity index (χ1n) is 6.27. The molecule has 0 aliphatic carbocycles. The molecule has 0 aliphatic rings. The maximum absolute atomic E-state index is 11.6. The lowest BCUT2D eigenvalue weighted by molar-refractivity contribution is -0.123. The van der Waals surface area contributed by atoms with Gasteiger partial charge < -0.3 is 14.9 Å². The van der Waals surface area contributed by atoms with Gasteiger partial charge in [-0.05, 0) is 35.9 Å². The Morgan fingerprint density at radius 1 is 1.23 bits per heavy atom. The third-order valence-electron chi connectivity index (χ3n) is 2.60. The molecule has 0 aromatic heterocycles. The van der Waals surface area contributed by atoms with E-state index >= 15 is 0 Å². The molecule has 3 N–H and O–H groups in total. The molecule has 0 radical (unpaired) electrons. The minimum atomic E-state index is -0.459. The van der Waals surface area contributed by atoms with Crippen molar-refractivity contribution < 1.29 is 19.7 Å². The van der Waals surface area contributed by atoms with Gasteiger partial charge in [0.1, 0.15) is 5.75 Å². The molecule has 0 aliphatic heterocycles. The standard InChI is InChI=1S/C15H13ClN2O4/c16-11-3-1-2-4-14(11)22-9-15(21)18-17-8-10-5-6-12(19)13(20)7-10/h1-8,19-20H,9H2,(H,18,21)/b17-8+. The van der Waals surface area contributed by atoms with E-state index in [1.54, 1.807) is 24.3 Å². The molecule has 2 aromatic carbocycles. The van der Waals surface area contributed by atoms with E-state index in [9.17, 15) is 9.90 Å². The van der Waals surface area contributed by atoms with E-state index in [-0.39, 0.29) is 18.1 Å². The fourth-order valence-corrected chi connectivity index (χ4v) is 1.73. The number of phenols is 2. The Morgan fingerprint density at radius 3 is 2.73 bits per heavy atom.